The third-order valence-electron chi connectivity index (χ3n) is 3.93. The molecule has 0 spiro atoms. The van der Waals surface area contributed by atoms with Gasteiger partial charge in [0.1, 0.15) is 5.75 Å². The Labute approximate surface area is 182 Å². The van der Waals surface area contributed by atoms with E-state index in [0.29, 0.717) is 0 Å². The number of nitriles is 1. The first kappa shape index (κ1) is 22.4. The van der Waals surface area contributed by atoms with Gasteiger partial charge in [0.2, 0.25) is 0 Å². The Morgan fingerprint density at radius 1 is 1.26 bits per heavy atom. The number of H-pyrrole nitrogens is 1. The Bertz CT molecular complexity index is 1190. The molecule has 0 unspecified atom stereocenters. The van der Waals surface area contributed by atoms with Crippen molar-refractivity contribution in [2.24, 2.45) is 0 Å². The largest absolute Gasteiger partial charge is 0.453 e. The maximum Gasteiger partial charge on any atom is 0.433 e. The number of aromatic amines is 1. The van der Waals surface area contributed by atoms with Crippen LogP contribution in [0.25, 0.3) is 0 Å². The van der Waals surface area contributed by atoms with Crippen LogP contribution >= 0.6 is 23.2 Å². The molecule has 6 nitrogen and oxygen atoms in total. The van der Waals surface area contributed by atoms with Gasteiger partial charge in [0, 0.05) is 17.1 Å². The quantitative estimate of drug-likeness (QED) is 0.481. The summed E-state index contributed by atoms with van der Waals surface area (Å²) in [4.78, 5) is 17.3. The van der Waals surface area contributed by atoms with Gasteiger partial charge in [-0.05, 0) is 24.3 Å². The molecule has 0 aliphatic rings. The van der Waals surface area contributed by atoms with Crippen LogP contribution < -0.4 is 10.1 Å². The maximum atomic E-state index is 14.9. The molecule has 0 radical (unpaired) electrons. The van der Waals surface area contributed by atoms with Crippen molar-refractivity contribution in [3.63, 3.8) is 0 Å². The van der Waals surface area contributed by atoms with Crippen molar-refractivity contribution in [2.45, 2.75) is 12.7 Å². The lowest BCUT2D eigenvalue weighted by atomic mass is 10.2. The van der Waals surface area contributed by atoms with Gasteiger partial charge in [0.15, 0.2) is 23.0 Å². The second-order valence-corrected chi connectivity index (χ2v) is 6.89. The monoisotopic (exact) mass is 472 g/mol. The lowest BCUT2D eigenvalue weighted by Crippen LogP contribution is -2.26. The molecule has 31 heavy (non-hydrogen) atoms. The van der Waals surface area contributed by atoms with E-state index in [2.05, 4.69) is 10.3 Å². The fourth-order valence-corrected chi connectivity index (χ4v) is 2.96. The first-order valence-corrected chi connectivity index (χ1v) is 9.10. The highest BCUT2D eigenvalue weighted by Crippen LogP contribution is 2.35. The summed E-state index contributed by atoms with van der Waals surface area (Å²) in [6.07, 6.45) is -4.08. The molecule has 0 saturated carbocycles. The number of alkyl halides is 3. The minimum atomic E-state index is -4.81. The summed E-state index contributed by atoms with van der Waals surface area (Å²) >= 11 is 11.9. The van der Waals surface area contributed by atoms with E-state index >= 15 is 0 Å². The van der Waals surface area contributed by atoms with Gasteiger partial charge >= 0.3 is 6.18 Å². The fraction of sp³-hybridized carbons (Fsp3) is 0.105. The van der Waals surface area contributed by atoms with Crippen molar-refractivity contribution in [3.8, 4) is 17.6 Å². The summed E-state index contributed by atoms with van der Waals surface area (Å²) in [5.74, 6) is -2.48. The number of carbonyl (C=O) groups is 1. The highest BCUT2D eigenvalue weighted by molar-refractivity contribution is 6.32. The third kappa shape index (κ3) is 5.07. The molecular weight excluding hydrogens is 463 g/mol. The van der Waals surface area contributed by atoms with Gasteiger partial charge in [-0.3, -0.25) is 4.79 Å². The molecule has 1 aromatic heterocycles. The number of hydrogen-bond acceptors (Lipinski definition) is 4. The van der Waals surface area contributed by atoms with Crippen molar-refractivity contribution in [2.75, 3.05) is 0 Å². The van der Waals surface area contributed by atoms with E-state index < -0.39 is 41.6 Å². The van der Waals surface area contributed by atoms with E-state index in [4.69, 9.17) is 33.2 Å². The van der Waals surface area contributed by atoms with E-state index in [0.717, 1.165) is 6.33 Å². The number of rotatable bonds is 5. The summed E-state index contributed by atoms with van der Waals surface area (Å²) in [6.45, 7) is -0.471. The van der Waals surface area contributed by atoms with Crippen LogP contribution in [0.15, 0.2) is 36.7 Å². The Balaban J connectivity index is 1.82. The summed E-state index contributed by atoms with van der Waals surface area (Å²) in [5.41, 5.74) is -2.14. The second kappa shape index (κ2) is 8.83. The minimum absolute atomic E-state index is 0.0392. The Morgan fingerprint density at radius 3 is 2.68 bits per heavy atom. The van der Waals surface area contributed by atoms with Crippen molar-refractivity contribution in [1.82, 2.24) is 15.3 Å². The summed E-state index contributed by atoms with van der Waals surface area (Å²) in [6, 6.07) is 8.41. The summed E-state index contributed by atoms with van der Waals surface area (Å²) in [7, 11) is 0. The van der Waals surface area contributed by atoms with Crippen molar-refractivity contribution < 1.29 is 27.1 Å². The molecule has 0 aliphatic carbocycles. The smallest absolute Gasteiger partial charge is 0.433 e. The van der Waals surface area contributed by atoms with Gasteiger partial charge in [0.05, 0.1) is 23.0 Å². The van der Waals surface area contributed by atoms with Gasteiger partial charge in [-0.25, -0.2) is 9.37 Å². The number of aromatic nitrogens is 2. The zero-order valence-corrected chi connectivity index (χ0v) is 16.7. The molecule has 0 aliphatic heterocycles. The lowest BCUT2D eigenvalue weighted by molar-refractivity contribution is -0.141. The summed E-state index contributed by atoms with van der Waals surface area (Å²) < 4.78 is 59.0. The SMILES string of the molecule is N#Cc1cc(Cl)cc(Oc2c(Cl)ccc(CNC(=O)c3nc[nH]c3C(F)(F)F)c2F)c1. The van der Waals surface area contributed by atoms with Crippen LogP contribution in [0, 0.1) is 17.1 Å². The molecule has 0 atom stereocenters. The van der Waals surface area contributed by atoms with Crippen LogP contribution in [0.2, 0.25) is 10.0 Å². The number of amides is 1. The molecule has 1 amide bonds. The molecule has 0 saturated heterocycles. The molecular formula is C19H10Cl2F4N4O2. The van der Waals surface area contributed by atoms with E-state index in [1.165, 1.54) is 30.3 Å². The highest BCUT2D eigenvalue weighted by atomic mass is 35.5. The van der Waals surface area contributed by atoms with Crippen molar-refractivity contribution >= 4 is 29.1 Å². The molecule has 160 valence electrons. The molecule has 2 aromatic carbocycles. The van der Waals surface area contributed by atoms with Crippen LogP contribution in [0.5, 0.6) is 11.5 Å². The molecule has 3 rings (SSSR count). The topological polar surface area (TPSA) is 90.8 Å². The van der Waals surface area contributed by atoms with Crippen LogP contribution in [0.3, 0.4) is 0 Å². The van der Waals surface area contributed by atoms with E-state index in [9.17, 15) is 22.4 Å². The standard InChI is InChI=1S/C19H10Cl2F4N4O2/c20-11-3-9(6-26)4-12(5-11)31-16-13(21)2-1-10(14(16)22)7-27-18(30)15-17(19(23,24)25)29-8-28-15/h1-5,8H,7H2,(H,27,30)(H,28,29). The van der Waals surface area contributed by atoms with Gasteiger partial charge < -0.3 is 15.0 Å². The predicted molar refractivity (Wildman–Crippen MR) is 102 cm³/mol. The zero-order valence-electron chi connectivity index (χ0n) is 15.1. The number of nitrogens with zero attached hydrogens (tertiary/aromatic N) is 2. The zero-order chi connectivity index (χ0) is 22.8. The lowest BCUT2D eigenvalue weighted by Gasteiger charge is -2.13. The van der Waals surface area contributed by atoms with Gasteiger partial charge in [0.25, 0.3) is 5.91 Å². The van der Waals surface area contributed by atoms with Gasteiger partial charge in [-0.2, -0.15) is 18.4 Å². The fourth-order valence-electron chi connectivity index (χ4n) is 2.55. The van der Waals surface area contributed by atoms with E-state index in [1.807, 2.05) is 11.1 Å². The average Bonchev–Trinajstić information content (AvgIpc) is 3.20. The normalized spacial score (nSPS) is 11.1. The number of ether oxygens (including phenoxy) is 1. The highest BCUT2D eigenvalue weighted by Gasteiger charge is 2.37. The number of benzene rings is 2. The predicted octanol–water partition coefficient (Wildman–Crippen LogP) is 5.47. The van der Waals surface area contributed by atoms with Crippen molar-refractivity contribution in [1.29, 1.82) is 5.26 Å². The van der Waals surface area contributed by atoms with Crippen LogP contribution in [0.4, 0.5) is 17.6 Å². The molecule has 12 heteroatoms. The van der Waals surface area contributed by atoms with Crippen LogP contribution in [0.1, 0.15) is 27.3 Å². The Kier molecular flexibility index (Phi) is 6.38. The number of imidazole rings is 1. The second-order valence-electron chi connectivity index (χ2n) is 6.05. The maximum absolute atomic E-state index is 14.9. The van der Waals surface area contributed by atoms with E-state index in [1.54, 1.807) is 0 Å². The van der Waals surface area contributed by atoms with Gasteiger partial charge in [-0.1, -0.05) is 29.3 Å². The molecule has 3 aromatic rings. The Hall–Kier alpha value is -3.29. The minimum Gasteiger partial charge on any atom is -0.453 e. The Morgan fingerprint density at radius 2 is 2.00 bits per heavy atom. The van der Waals surface area contributed by atoms with Crippen LogP contribution in [-0.4, -0.2) is 15.9 Å². The third-order valence-corrected chi connectivity index (χ3v) is 4.44. The first-order chi connectivity index (χ1) is 14.6. The molecule has 2 N–H and O–H groups in total. The van der Waals surface area contributed by atoms with Crippen molar-refractivity contribution in [3.05, 3.63) is 75.0 Å². The summed E-state index contributed by atoms with van der Waals surface area (Å²) in [5, 5.41) is 11.2. The average molecular weight is 473 g/mol. The van der Waals surface area contributed by atoms with Crippen LogP contribution in [-0.2, 0) is 12.7 Å². The van der Waals surface area contributed by atoms with Gasteiger partial charge in [-0.15, -0.1) is 0 Å². The number of hydrogen-bond donors (Lipinski definition) is 2. The number of carbonyl (C=O) groups excluding carboxylic acids is 1. The first-order valence-electron chi connectivity index (χ1n) is 8.34. The number of halogens is 6. The van der Waals surface area contributed by atoms with E-state index in [-0.39, 0.29) is 26.9 Å². The molecule has 0 fully saturated rings. The number of nitrogens with one attached hydrogen (secondary N) is 2. The molecule has 0 bridgehead atoms. The molecule has 1 heterocycles.